The summed E-state index contributed by atoms with van der Waals surface area (Å²) < 4.78 is 0. The van der Waals surface area contributed by atoms with E-state index in [1.165, 1.54) is 4.90 Å². The number of carboxylic acids is 1. The summed E-state index contributed by atoms with van der Waals surface area (Å²) in [5.74, 6) is -0.959. The van der Waals surface area contributed by atoms with Crippen LogP contribution < -0.4 is 0 Å². The zero-order chi connectivity index (χ0) is 14.6. The van der Waals surface area contributed by atoms with E-state index in [1.807, 2.05) is 45.9 Å². The molecule has 19 heavy (non-hydrogen) atoms. The summed E-state index contributed by atoms with van der Waals surface area (Å²) in [6.45, 7) is 7.85. The largest absolute Gasteiger partial charge is 0.480 e. The average Bonchev–Trinajstić information content (AvgIpc) is 2.26. The van der Waals surface area contributed by atoms with Gasteiger partial charge in [0, 0.05) is 12.1 Å². The van der Waals surface area contributed by atoms with E-state index in [-0.39, 0.29) is 18.4 Å². The molecule has 0 aliphatic carbocycles. The van der Waals surface area contributed by atoms with Crippen molar-refractivity contribution in [1.29, 1.82) is 0 Å². The van der Waals surface area contributed by atoms with Crippen molar-refractivity contribution in [2.24, 2.45) is 5.92 Å². The minimum atomic E-state index is -0.986. The maximum absolute atomic E-state index is 12.5. The summed E-state index contributed by atoms with van der Waals surface area (Å²) in [5.41, 5.74) is 2.37. The van der Waals surface area contributed by atoms with Gasteiger partial charge in [0.25, 0.3) is 5.91 Å². The molecule has 0 aliphatic heterocycles. The summed E-state index contributed by atoms with van der Waals surface area (Å²) >= 11 is 0. The monoisotopic (exact) mass is 263 g/mol. The number of carboxylic acid groups (broad SMARTS) is 1. The lowest BCUT2D eigenvalue weighted by Crippen LogP contribution is -2.38. The van der Waals surface area contributed by atoms with Crippen LogP contribution in [0.15, 0.2) is 18.2 Å². The van der Waals surface area contributed by atoms with Crippen molar-refractivity contribution in [1.82, 2.24) is 4.90 Å². The van der Waals surface area contributed by atoms with Crippen molar-refractivity contribution in [2.75, 3.05) is 13.1 Å². The quantitative estimate of drug-likeness (QED) is 0.888. The van der Waals surface area contributed by atoms with Gasteiger partial charge in [0.15, 0.2) is 0 Å². The Morgan fingerprint density at radius 1 is 1.21 bits per heavy atom. The van der Waals surface area contributed by atoms with Crippen LogP contribution in [-0.2, 0) is 4.79 Å². The molecular weight excluding hydrogens is 242 g/mol. The highest BCUT2D eigenvalue weighted by Crippen LogP contribution is 2.16. The van der Waals surface area contributed by atoms with Gasteiger partial charge in [-0.1, -0.05) is 32.0 Å². The Hall–Kier alpha value is -1.84. The average molecular weight is 263 g/mol. The molecule has 0 saturated carbocycles. The number of carbonyl (C=O) groups excluding carboxylic acids is 1. The molecule has 1 aromatic carbocycles. The predicted molar refractivity (Wildman–Crippen MR) is 74.3 cm³/mol. The summed E-state index contributed by atoms with van der Waals surface area (Å²) in [5, 5.41) is 8.94. The molecule has 0 fully saturated rings. The number of aryl methyl sites for hydroxylation is 2. The Bertz CT molecular complexity index is 460. The van der Waals surface area contributed by atoms with E-state index in [4.69, 9.17) is 5.11 Å². The summed E-state index contributed by atoms with van der Waals surface area (Å²) in [7, 11) is 0. The smallest absolute Gasteiger partial charge is 0.323 e. The Morgan fingerprint density at radius 3 is 2.16 bits per heavy atom. The fraction of sp³-hybridized carbons (Fsp3) is 0.467. The second-order valence-electron chi connectivity index (χ2n) is 5.24. The topological polar surface area (TPSA) is 57.6 Å². The maximum atomic E-state index is 12.5. The zero-order valence-electron chi connectivity index (χ0n) is 11.9. The normalized spacial score (nSPS) is 10.6. The number of hydrogen-bond donors (Lipinski definition) is 1. The second-order valence-corrected chi connectivity index (χ2v) is 5.24. The van der Waals surface area contributed by atoms with E-state index in [2.05, 4.69) is 0 Å². The van der Waals surface area contributed by atoms with Gasteiger partial charge in [0.05, 0.1) is 0 Å². The lowest BCUT2D eigenvalue weighted by Gasteiger charge is -2.24. The molecule has 0 bridgehead atoms. The number of amides is 1. The Balaban J connectivity index is 3.08. The van der Waals surface area contributed by atoms with E-state index >= 15 is 0 Å². The van der Waals surface area contributed by atoms with Crippen LogP contribution in [0.2, 0.25) is 0 Å². The molecule has 4 nitrogen and oxygen atoms in total. The highest BCUT2D eigenvalue weighted by Gasteiger charge is 2.22. The predicted octanol–water partition coefficient (Wildman–Crippen LogP) is 2.49. The zero-order valence-corrected chi connectivity index (χ0v) is 11.9. The molecule has 0 aliphatic rings. The molecule has 0 saturated heterocycles. The van der Waals surface area contributed by atoms with E-state index < -0.39 is 5.97 Å². The van der Waals surface area contributed by atoms with Crippen LogP contribution in [0, 0.1) is 19.8 Å². The molecule has 1 rings (SSSR count). The molecule has 1 aromatic rings. The molecule has 0 atom stereocenters. The Morgan fingerprint density at radius 2 is 1.74 bits per heavy atom. The molecule has 0 unspecified atom stereocenters. The van der Waals surface area contributed by atoms with Gasteiger partial charge in [-0.25, -0.2) is 0 Å². The molecule has 1 amide bonds. The standard InChI is InChI=1S/C15H21NO3/c1-10(2)8-16(9-13(17)18)15(19)14-11(3)6-5-7-12(14)4/h5-7,10H,8-9H2,1-4H3,(H,17,18). The molecule has 0 spiro atoms. The molecule has 1 N–H and O–H groups in total. The molecular formula is C15H21NO3. The molecule has 0 radical (unpaired) electrons. The first-order chi connectivity index (χ1) is 8.82. The first-order valence-corrected chi connectivity index (χ1v) is 6.40. The fourth-order valence-electron chi connectivity index (χ4n) is 2.13. The molecule has 104 valence electrons. The van der Waals surface area contributed by atoms with Crippen LogP contribution >= 0.6 is 0 Å². The van der Waals surface area contributed by atoms with Crippen LogP contribution in [0.5, 0.6) is 0 Å². The van der Waals surface area contributed by atoms with Gasteiger partial charge in [-0.2, -0.15) is 0 Å². The van der Waals surface area contributed by atoms with Crippen molar-refractivity contribution >= 4 is 11.9 Å². The van der Waals surface area contributed by atoms with Crippen LogP contribution in [0.4, 0.5) is 0 Å². The summed E-state index contributed by atoms with van der Waals surface area (Å²) in [6.07, 6.45) is 0. The lowest BCUT2D eigenvalue weighted by atomic mass is 10.0. The van der Waals surface area contributed by atoms with Gasteiger partial charge in [-0.05, 0) is 30.9 Å². The number of carbonyl (C=O) groups is 2. The lowest BCUT2D eigenvalue weighted by molar-refractivity contribution is -0.137. The highest BCUT2D eigenvalue weighted by molar-refractivity contribution is 5.98. The minimum absolute atomic E-state index is 0.202. The number of rotatable bonds is 5. The first-order valence-electron chi connectivity index (χ1n) is 6.40. The van der Waals surface area contributed by atoms with Crippen molar-refractivity contribution in [2.45, 2.75) is 27.7 Å². The van der Waals surface area contributed by atoms with Crippen LogP contribution in [-0.4, -0.2) is 35.0 Å². The number of benzene rings is 1. The number of nitrogens with zero attached hydrogens (tertiary/aromatic N) is 1. The maximum Gasteiger partial charge on any atom is 0.323 e. The van der Waals surface area contributed by atoms with Gasteiger partial charge in [-0.15, -0.1) is 0 Å². The van der Waals surface area contributed by atoms with E-state index in [1.54, 1.807) is 0 Å². The van der Waals surface area contributed by atoms with Gasteiger partial charge >= 0.3 is 5.97 Å². The summed E-state index contributed by atoms with van der Waals surface area (Å²) in [6, 6.07) is 5.63. The van der Waals surface area contributed by atoms with Gasteiger partial charge in [0.2, 0.25) is 0 Å². The Kier molecular flexibility index (Phi) is 5.10. The van der Waals surface area contributed by atoms with Crippen molar-refractivity contribution in [3.63, 3.8) is 0 Å². The van der Waals surface area contributed by atoms with Gasteiger partial charge in [0.1, 0.15) is 6.54 Å². The third kappa shape index (κ3) is 4.09. The van der Waals surface area contributed by atoms with E-state index in [0.717, 1.165) is 11.1 Å². The minimum Gasteiger partial charge on any atom is -0.480 e. The number of hydrogen-bond acceptors (Lipinski definition) is 2. The van der Waals surface area contributed by atoms with Crippen LogP contribution in [0.1, 0.15) is 35.3 Å². The fourth-order valence-corrected chi connectivity index (χ4v) is 2.13. The third-order valence-corrected chi connectivity index (χ3v) is 2.89. The number of aliphatic carboxylic acids is 1. The highest BCUT2D eigenvalue weighted by atomic mass is 16.4. The third-order valence-electron chi connectivity index (χ3n) is 2.89. The van der Waals surface area contributed by atoms with Crippen LogP contribution in [0.3, 0.4) is 0 Å². The van der Waals surface area contributed by atoms with E-state index in [9.17, 15) is 9.59 Å². The first kappa shape index (κ1) is 15.2. The van der Waals surface area contributed by atoms with Crippen molar-refractivity contribution < 1.29 is 14.7 Å². The molecule has 0 heterocycles. The van der Waals surface area contributed by atoms with Gasteiger partial charge in [-0.3, -0.25) is 9.59 Å². The Labute approximate surface area is 114 Å². The SMILES string of the molecule is Cc1cccc(C)c1C(=O)N(CC(=O)O)CC(C)C. The van der Waals surface area contributed by atoms with Crippen molar-refractivity contribution in [3.05, 3.63) is 34.9 Å². The van der Waals surface area contributed by atoms with Crippen molar-refractivity contribution in [3.8, 4) is 0 Å². The van der Waals surface area contributed by atoms with E-state index in [0.29, 0.717) is 12.1 Å². The van der Waals surface area contributed by atoms with Crippen LogP contribution in [0.25, 0.3) is 0 Å². The van der Waals surface area contributed by atoms with Gasteiger partial charge < -0.3 is 10.0 Å². The second kappa shape index (κ2) is 6.36. The summed E-state index contributed by atoms with van der Waals surface area (Å²) in [4.78, 5) is 24.8. The molecule has 4 heteroatoms. The molecule has 0 aromatic heterocycles.